The first kappa shape index (κ1) is 12.7. The van der Waals surface area contributed by atoms with Gasteiger partial charge in [0, 0.05) is 6.54 Å². The molecule has 0 atom stereocenters. The van der Waals surface area contributed by atoms with E-state index in [0.717, 1.165) is 36.4 Å². The van der Waals surface area contributed by atoms with E-state index in [1.165, 1.54) is 11.1 Å². The molecule has 0 aliphatic heterocycles. The minimum Gasteiger partial charge on any atom is -0.356 e. The summed E-state index contributed by atoms with van der Waals surface area (Å²) in [6.45, 7) is 3.01. The predicted octanol–water partition coefficient (Wildman–Crippen LogP) is 3.92. The number of aromatic nitrogens is 2. The summed E-state index contributed by atoms with van der Waals surface area (Å²) in [7, 11) is 0. The van der Waals surface area contributed by atoms with Crippen LogP contribution >= 0.6 is 0 Å². The number of hydrogen-bond acceptors (Lipinski definition) is 2. The van der Waals surface area contributed by atoms with Gasteiger partial charge in [0.1, 0.15) is 0 Å². The first-order chi connectivity index (χ1) is 9.81. The van der Waals surface area contributed by atoms with Crippen LogP contribution in [0.2, 0.25) is 0 Å². The molecule has 0 radical (unpaired) electrons. The van der Waals surface area contributed by atoms with Gasteiger partial charge in [-0.25, -0.2) is 4.98 Å². The summed E-state index contributed by atoms with van der Waals surface area (Å²) >= 11 is 0. The van der Waals surface area contributed by atoms with Crippen LogP contribution < -0.4 is 5.32 Å². The van der Waals surface area contributed by atoms with Gasteiger partial charge in [-0.1, -0.05) is 36.4 Å². The van der Waals surface area contributed by atoms with Gasteiger partial charge in [0.2, 0.25) is 5.95 Å². The van der Waals surface area contributed by atoms with Gasteiger partial charge in [0.05, 0.1) is 11.0 Å². The van der Waals surface area contributed by atoms with Crippen LogP contribution in [0.3, 0.4) is 0 Å². The van der Waals surface area contributed by atoms with E-state index in [0.29, 0.717) is 0 Å². The highest BCUT2D eigenvalue weighted by Crippen LogP contribution is 2.15. The number of imidazole rings is 1. The van der Waals surface area contributed by atoms with Crippen molar-refractivity contribution in [1.29, 1.82) is 0 Å². The molecule has 0 saturated carbocycles. The molecule has 0 amide bonds. The smallest absolute Gasteiger partial charge is 0.201 e. The number of benzene rings is 2. The summed E-state index contributed by atoms with van der Waals surface area (Å²) in [5.41, 5.74) is 4.74. The molecule has 3 heteroatoms. The Morgan fingerprint density at radius 2 is 1.95 bits per heavy atom. The number of aryl methyl sites for hydroxylation is 2. The molecule has 3 rings (SSSR count). The lowest BCUT2D eigenvalue weighted by atomic mass is 10.1. The van der Waals surface area contributed by atoms with Gasteiger partial charge in [0.15, 0.2) is 0 Å². The SMILES string of the molecule is Cc1ccc2nc(NCCCc3ccccc3)[nH]c2c1. The molecule has 0 aliphatic rings. The van der Waals surface area contributed by atoms with Crippen molar-refractivity contribution in [2.45, 2.75) is 19.8 Å². The second-order valence-electron chi connectivity index (χ2n) is 5.12. The van der Waals surface area contributed by atoms with E-state index in [1.807, 2.05) is 0 Å². The Labute approximate surface area is 119 Å². The molecule has 0 saturated heterocycles. The molecule has 0 bridgehead atoms. The summed E-state index contributed by atoms with van der Waals surface area (Å²) in [5, 5.41) is 3.36. The highest BCUT2D eigenvalue weighted by Gasteiger charge is 2.01. The van der Waals surface area contributed by atoms with Crippen molar-refractivity contribution >= 4 is 17.0 Å². The average Bonchev–Trinajstić information content (AvgIpc) is 2.86. The molecule has 1 aromatic heterocycles. The van der Waals surface area contributed by atoms with Gasteiger partial charge in [-0.15, -0.1) is 0 Å². The van der Waals surface area contributed by atoms with Crippen molar-refractivity contribution in [1.82, 2.24) is 9.97 Å². The van der Waals surface area contributed by atoms with Crippen molar-refractivity contribution in [3.8, 4) is 0 Å². The van der Waals surface area contributed by atoms with Gasteiger partial charge < -0.3 is 10.3 Å². The number of nitrogens with zero attached hydrogens (tertiary/aromatic N) is 1. The lowest BCUT2D eigenvalue weighted by molar-refractivity contribution is 0.856. The largest absolute Gasteiger partial charge is 0.356 e. The zero-order valence-corrected chi connectivity index (χ0v) is 11.7. The third-order valence-corrected chi connectivity index (χ3v) is 3.41. The van der Waals surface area contributed by atoms with Crippen LogP contribution in [0.4, 0.5) is 5.95 Å². The summed E-state index contributed by atoms with van der Waals surface area (Å²) in [5.74, 6) is 0.860. The van der Waals surface area contributed by atoms with Crippen LogP contribution in [0.5, 0.6) is 0 Å². The number of hydrogen-bond donors (Lipinski definition) is 2. The number of fused-ring (bicyclic) bond motifs is 1. The molecule has 0 fully saturated rings. The van der Waals surface area contributed by atoms with Gasteiger partial charge in [-0.3, -0.25) is 0 Å². The molecular formula is C17H19N3. The standard InChI is InChI=1S/C17H19N3/c1-13-9-10-15-16(12-13)20-17(19-15)18-11-5-8-14-6-3-2-4-7-14/h2-4,6-7,9-10,12H,5,8,11H2,1H3,(H2,18,19,20). The molecular weight excluding hydrogens is 246 g/mol. The first-order valence-corrected chi connectivity index (χ1v) is 7.05. The summed E-state index contributed by atoms with van der Waals surface area (Å²) in [6.07, 6.45) is 2.19. The maximum absolute atomic E-state index is 4.53. The maximum atomic E-state index is 4.53. The van der Waals surface area contributed by atoms with Crippen molar-refractivity contribution in [3.63, 3.8) is 0 Å². The van der Waals surface area contributed by atoms with Crippen molar-refractivity contribution in [3.05, 3.63) is 59.7 Å². The fraction of sp³-hybridized carbons (Fsp3) is 0.235. The number of nitrogens with one attached hydrogen (secondary N) is 2. The molecule has 2 aromatic carbocycles. The average molecular weight is 265 g/mol. The second kappa shape index (κ2) is 5.78. The van der Waals surface area contributed by atoms with E-state index >= 15 is 0 Å². The van der Waals surface area contributed by atoms with Crippen LogP contribution in [0.25, 0.3) is 11.0 Å². The molecule has 1 heterocycles. The van der Waals surface area contributed by atoms with E-state index in [4.69, 9.17) is 0 Å². The van der Waals surface area contributed by atoms with E-state index in [9.17, 15) is 0 Å². The third-order valence-electron chi connectivity index (χ3n) is 3.41. The van der Waals surface area contributed by atoms with E-state index < -0.39 is 0 Å². The summed E-state index contributed by atoms with van der Waals surface area (Å²) < 4.78 is 0. The fourth-order valence-corrected chi connectivity index (χ4v) is 2.35. The monoisotopic (exact) mass is 265 g/mol. The number of aromatic amines is 1. The number of H-pyrrole nitrogens is 1. The highest BCUT2D eigenvalue weighted by molar-refractivity contribution is 5.78. The lowest BCUT2D eigenvalue weighted by Crippen LogP contribution is -2.04. The molecule has 2 N–H and O–H groups in total. The normalized spacial score (nSPS) is 10.8. The van der Waals surface area contributed by atoms with Crippen LogP contribution in [-0.2, 0) is 6.42 Å². The van der Waals surface area contributed by atoms with Crippen LogP contribution in [0, 0.1) is 6.92 Å². The molecule has 3 aromatic rings. The third kappa shape index (κ3) is 2.99. The molecule has 0 aliphatic carbocycles. The molecule has 0 unspecified atom stereocenters. The first-order valence-electron chi connectivity index (χ1n) is 7.05. The molecule has 0 spiro atoms. The second-order valence-corrected chi connectivity index (χ2v) is 5.12. The minimum absolute atomic E-state index is 0.860. The van der Waals surface area contributed by atoms with Gasteiger partial charge in [0.25, 0.3) is 0 Å². The van der Waals surface area contributed by atoms with Crippen molar-refractivity contribution < 1.29 is 0 Å². The Hall–Kier alpha value is -2.29. The Bertz CT molecular complexity index is 686. The summed E-state index contributed by atoms with van der Waals surface area (Å²) in [6, 6.07) is 16.8. The predicted molar refractivity (Wildman–Crippen MR) is 84.1 cm³/mol. The molecule has 20 heavy (non-hydrogen) atoms. The Morgan fingerprint density at radius 1 is 1.10 bits per heavy atom. The van der Waals surface area contributed by atoms with Crippen LogP contribution in [-0.4, -0.2) is 16.5 Å². The lowest BCUT2D eigenvalue weighted by Gasteiger charge is -2.03. The van der Waals surface area contributed by atoms with Gasteiger partial charge >= 0.3 is 0 Å². The number of anilines is 1. The topological polar surface area (TPSA) is 40.7 Å². The van der Waals surface area contributed by atoms with Crippen LogP contribution in [0.1, 0.15) is 17.5 Å². The molecule has 102 valence electrons. The van der Waals surface area contributed by atoms with Gasteiger partial charge in [-0.05, 0) is 43.0 Å². The zero-order chi connectivity index (χ0) is 13.8. The Morgan fingerprint density at radius 3 is 2.80 bits per heavy atom. The fourth-order valence-electron chi connectivity index (χ4n) is 2.35. The quantitative estimate of drug-likeness (QED) is 0.686. The minimum atomic E-state index is 0.860. The van der Waals surface area contributed by atoms with Crippen molar-refractivity contribution in [2.24, 2.45) is 0 Å². The van der Waals surface area contributed by atoms with E-state index in [2.05, 4.69) is 70.7 Å². The zero-order valence-electron chi connectivity index (χ0n) is 11.7. The van der Waals surface area contributed by atoms with E-state index in [-0.39, 0.29) is 0 Å². The summed E-state index contributed by atoms with van der Waals surface area (Å²) in [4.78, 5) is 7.84. The molecule has 3 nitrogen and oxygen atoms in total. The van der Waals surface area contributed by atoms with E-state index in [1.54, 1.807) is 0 Å². The van der Waals surface area contributed by atoms with Gasteiger partial charge in [-0.2, -0.15) is 0 Å². The highest BCUT2D eigenvalue weighted by atomic mass is 15.1. The number of rotatable bonds is 5. The van der Waals surface area contributed by atoms with Crippen LogP contribution in [0.15, 0.2) is 48.5 Å². The maximum Gasteiger partial charge on any atom is 0.201 e. The Balaban J connectivity index is 1.55. The van der Waals surface area contributed by atoms with Crippen molar-refractivity contribution in [2.75, 3.05) is 11.9 Å². The Kier molecular flexibility index (Phi) is 3.68.